The molecule has 5 nitrogen and oxygen atoms in total. The molecule has 1 fully saturated rings. The number of benzene rings is 2. The van der Waals surface area contributed by atoms with Crippen LogP contribution in [0.1, 0.15) is 24.9 Å². The van der Waals surface area contributed by atoms with Crippen LogP contribution in [0.2, 0.25) is 0 Å². The van der Waals surface area contributed by atoms with Gasteiger partial charge >= 0.3 is 0 Å². The maximum absolute atomic E-state index is 4.54. The van der Waals surface area contributed by atoms with E-state index in [1.54, 1.807) is 0 Å². The second kappa shape index (κ2) is 7.82. The molecule has 140 valence electrons. The van der Waals surface area contributed by atoms with Gasteiger partial charge in [0.05, 0.1) is 12.4 Å². The molecule has 0 bridgehead atoms. The fourth-order valence-electron chi connectivity index (χ4n) is 3.96. The lowest BCUT2D eigenvalue weighted by Gasteiger charge is -2.39. The number of nitrogens with one attached hydrogen (secondary N) is 1. The summed E-state index contributed by atoms with van der Waals surface area (Å²) in [6, 6.07) is 15.5. The first-order valence-corrected chi connectivity index (χ1v) is 9.65. The van der Waals surface area contributed by atoms with Crippen molar-refractivity contribution < 1.29 is 0 Å². The topological polar surface area (TPSA) is 45.5 Å². The van der Waals surface area contributed by atoms with Crippen LogP contribution in [0.5, 0.6) is 0 Å². The Kier molecular flexibility index (Phi) is 5.10. The van der Waals surface area contributed by atoms with Gasteiger partial charge in [-0.15, -0.1) is 0 Å². The van der Waals surface area contributed by atoms with Gasteiger partial charge in [-0.05, 0) is 34.7 Å². The Balaban J connectivity index is 1.44. The van der Waals surface area contributed by atoms with Gasteiger partial charge in [-0.25, -0.2) is 4.98 Å². The molecule has 1 saturated heterocycles. The zero-order valence-corrected chi connectivity index (χ0v) is 16.0. The number of aliphatic imine (C=N–C) groups is 1. The Bertz CT molecular complexity index is 915. The van der Waals surface area contributed by atoms with Gasteiger partial charge in [-0.1, -0.05) is 43.3 Å². The molecular weight excluding hydrogens is 334 g/mol. The van der Waals surface area contributed by atoms with Crippen molar-refractivity contribution >= 4 is 16.7 Å². The molecule has 2 aromatic carbocycles. The van der Waals surface area contributed by atoms with E-state index in [-0.39, 0.29) is 0 Å². The molecule has 3 aromatic rings. The fourth-order valence-corrected chi connectivity index (χ4v) is 3.96. The molecule has 0 spiro atoms. The molecule has 5 heteroatoms. The molecule has 0 aliphatic carbocycles. The second-order valence-corrected chi connectivity index (χ2v) is 7.37. The minimum atomic E-state index is 0.431. The molecule has 0 radical (unpaired) electrons. The van der Waals surface area contributed by atoms with E-state index in [9.17, 15) is 0 Å². The summed E-state index contributed by atoms with van der Waals surface area (Å²) in [6.45, 7) is 5.09. The highest BCUT2D eigenvalue weighted by Crippen LogP contribution is 2.27. The molecule has 1 aliphatic heterocycles. The maximum atomic E-state index is 4.54. The Hall–Kier alpha value is -2.82. The van der Waals surface area contributed by atoms with E-state index in [4.69, 9.17) is 0 Å². The Labute approximate surface area is 160 Å². The van der Waals surface area contributed by atoms with Crippen molar-refractivity contribution in [2.24, 2.45) is 10.9 Å². The quantitative estimate of drug-likeness (QED) is 0.572. The number of hydrogen-bond acceptors (Lipinski definition) is 2. The minimum absolute atomic E-state index is 0.431. The van der Waals surface area contributed by atoms with Crippen LogP contribution in [0.4, 0.5) is 0 Å². The van der Waals surface area contributed by atoms with E-state index in [1.165, 1.54) is 16.3 Å². The number of rotatable bonds is 3. The van der Waals surface area contributed by atoms with Gasteiger partial charge in [0, 0.05) is 39.1 Å². The number of guanidine groups is 1. The van der Waals surface area contributed by atoms with Crippen molar-refractivity contribution in [3.05, 3.63) is 66.7 Å². The van der Waals surface area contributed by atoms with Crippen LogP contribution in [-0.2, 0) is 6.54 Å². The zero-order chi connectivity index (χ0) is 18.6. The average Bonchev–Trinajstić information content (AvgIpc) is 3.24. The fraction of sp³-hybridized carbons (Fsp3) is 0.364. The van der Waals surface area contributed by atoms with E-state index in [0.717, 1.165) is 32.0 Å². The van der Waals surface area contributed by atoms with Crippen molar-refractivity contribution in [2.45, 2.75) is 25.9 Å². The number of fused-ring (bicyclic) bond motifs is 1. The molecule has 4 rings (SSSR count). The number of imidazole rings is 1. The van der Waals surface area contributed by atoms with Gasteiger partial charge in [0.25, 0.3) is 0 Å². The SMILES string of the molecule is CN=C(NCc1ccc2ccccc2c1)N1CCC(C)C(n2ccnc2)C1. The largest absolute Gasteiger partial charge is 0.352 e. The number of hydrogen-bond donors (Lipinski definition) is 1. The molecule has 1 aromatic heterocycles. The molecule has 2 heterocycles. The molecule has 2 atom stereocenters. The summed E-state index contributed by atoms with van der Waals surface area (Å²) in [4.78, 5) is 11.1. The monoisotopic (exact) mass is 361 g/mol. The Morgan fingerprint density at radius 2 is 2.07 bits per heavy atom. The molecule has 27 heavy (non-hydrogen) atoms. The van der Waals surface area contributed by atoms with Crippen LogP contribution < -0.4 is 5.32 Å². The van der Waals surface area contributed by atoms with Crippen LogP contribution in [0, 0.1) is 5.92 Å². The Morgan fingerprint density at radius 1 is 1.22 bits per heavy atom. The van der Waals surface area contributed by atoms with Crippen LogP contribution in [0.25, 0.3) is 10.8 Å². The highest BCUT2D eigenvalue weighted by molar-refractivity contribution is 5.83. The summed E-state index contributed by atoms with van der Waals surface area (Å²) in [5.41, 5.74) is 1.27. The second-order valence-electron chi connectivity index (χ2n) is 7.37. The first kappa shape index (κ1) is 17.6. The summed E-state index contributed by atoms with van der Waals surface area (Å²) >= 11 is 0. The van der Waals surface area contributed by atoms with E-state index in [0.29, 0.717) is 12.0 Å². The van der Waals surface area contributed by atoms with Gasteiger partial charge in [0.15, 0.2) is 5.96 Å². The van der Waals surface area contributed by atoms with Gasteiger partial charge in [-0.3, -0.25) is 4.99 Å². The lowest BCUT2D eigenvalue weighted by atomic mass is 9.93. The van der Waals surface area contributed by atoms with Crippen LogP contribution in [-0.4, -0.2) is 40.5 Å². The highest BCUT2D eigenvalue weighted by atomic mass is 15.3. The standard InChI is InChI=1S/C22H27N5/c1-17-9-11-26(15-21(17)27-12-10-24-16-27)22(23-2)25-14-18-7-8-19-5-3-4-6-20(19)13-18/h3-8,10,12-13,16-17,21H,9,11,14-15H2,1-2H3,(H,23,25). The third-order valence-electron chi connectivity index (χ3n) is 5.60. The van der Waals surface area contributed by atoms with Gasteiger partial charge in [0.1, 0.15) is 0 Å². The number of nitrogens with zero attached hydrogens (tertiary/aromatic N) is 4. The van der Waals surface area contributed by atoms with Crippen molar-refractivity contribution in [3.63, 3.8) is 0 Å². The molecule has 1 aliphatic rings. The van der Waals surface area contributed by atoms with Gasteiger partial charge < -0.3 is 14.8 Å². The van der Waals surface area contributed by atoms with E-state index >= 15 is 0 Å². The third-order valence-corrected chi connectivity index (χ3v) is 5.60. The summed E-state index contributed by atoms with van der Waals surface area (Å²) in [5.74, 6) is 1.61. The van der Waals surface area contributed by atoms with Crippen LogP contribution in [0.15, 0.2) is 66.2 Å². The first-order chi connectivity index (χ1) is 13.2. The average molecular weight is 361 g/mol. The Morgan fingerprint density at radius 3 is 2.85 bits per heavy atom. The first-order valence-electron chi connectivity index (χ1n) is 9.65. The third kappa shape index (κ3) is 3.82. The van der Waals surface area contributed by atoms with Gasteiger partial charge in [-0.2, -0.15) is 0 Å². The van der Waals surface area contributed by atoms with Crippen molar-refractivity contribution in [1.29, 1.82) is 0 Å². The van der Waals surface area contributed by atoms with Gasteiger partial charge in [0.2, 0.25) is 0 Å². The van der Waals surface area contributed by atoms with Crippen molar-refractivity contribution in [2.75, 3.05) is 20.1 Å². The predicted octanol–water partition coefficient (Wildman–Crippen LogP) is 3.69. The summed E-state index contributed by atoms with van der Waals surface area (Å²) in [5, 5.41) is 6.11. The molecular formula is C22H27N5. The van der Waals surface area contributed by atoms with Crippen LogP contribution >= 0.6 is 0 Å². The molecule has 2 unspecified atom stereocenters. The van der Waals surface area contributed by atoms with Crippen LogP contribution in [0.3, 0.4) is 0 Å². The minimum Gasteiger partial charge on any atom is -0.352 e. The summed E-state index contributed by atoms with van der Waals surface area (Å²) < 4.78 is 2.23. The van der Waals surface area contributed by atoms with Crippen molar-refractivity contribution in [3.8, 4) is 0 Å². The van der Waals surface area contributed by atoms with Crippen molar-refractivity contribution in [1.82, 2.24) is 19.8 Å². The number of likely N-dealkylation sites (tertiary alicyclic amines) is 1. The molecule has 0 amide bonds. The zero-order valence-electron chi connectivity index (χ0n) is 16.0. The lowest BCUT2D eigenvalue weighted by Crippen LogP contribution is -2.48. The smallest absolute Gasteiger partial charge is 0.193 e. The lowest BCUT2D eigenvalue weighted by molar-refractivity contribution is 0.189. The normalized spacial score (nSPS) is 20.8. The number of aromatic nitrogens is 2. The molecule has 0 saturated carbocycles. The van der Waals surface area contributed by atoms with E-state index in [2.05, 4.69) is 80.3 Å². The highest BCUT2D eigenvalue weighted by Gasteiger charge is 2.28. The molecule has 1 N–H and O–H groups in total. The summed E-state index contributed by atoms with van der Waals surface area (Å²) in [6.07, 6.45) is 7.00. The number of piperidine rings is 1. The van der Waals surface area contributed by atoms with E-state index < -0.39 is 0 Å². The summed E-state index contributed by atoms with van der Waals surface area (Å²) in [7, 11) is 1.87. The predicted molar refractivity (Wildman–Crippen MR) is 111 cm³/mol. The maximum Gasteiger partial charge on any atom is 0.193 e. The van der Waals surface area contributed by atoms with E-state index in [1.807, 2.05) is 19.6 Å².